The van der Waals surface area contributed by atoms with E-state index >= 15 is 0 Å². The fourth-order valence-electron chi connectivity index (χ4n) is 2.16. The molecule has 4 nitrogen and oxygen atoms in total. The van der Waals surface area contributed by atoms with Gasteiger partial charge in [-0.15, -0.1) is 0 Å². The fraction of sp³-hybridized carbons (Fsp3) is 0.562. The lowest BCUT2D eigenvalue weighted by molar-refractivity contribution is -0.140. The van der Waals surface area contributed by atoms with Crippen molar-refractivity contribution in [2.24, 2.45) is 0 Å². The third-order valence-electron chi connectivity index (χ3n) is 3.11. The molecule has 0 bridgehead atoms. The number of hydrogen-bond acceptors (Lipinski definition) is 3. The maximum absolute atomic E-state index is 11.1. The number of carboxylic acids is 1. The maximum atomic E-state index is 11.1. The minimum Gasteiger partial charge on any atom is -0.491 e. The number of carbonyl (C=O) groups is 1. The van der Waals surface area contributed by atoms with Crippen molar-refractivity contribution in [1.29, 1.82) is 0 Å². The first-order valence-electron chi connectivity index (χ1n) is 7.03. The average molecular weight is 279 g/mol. The van der Waals surface area contributed by atoms with Gasteiger partial charge in [-0.25, -0.2) is 0 Å². The molecule has 1 rings (SSSR count). The summed E-state index contributed by atoms with van der Waals surface area (Å²) in [7, 11) is 0. The second-order valence-electron chi connectivity index (χ2n) is 5.70. The van der Waals surface area contributed by atoms with E-state index in [9.17, 15) is 4.79 Å². The normalized spacial score (nSPS) is 12.8. The first-order chi connectivity index (χ1) is 9.31. The van der Waals surface area contributed by atoms with Gasteiger partial charge in [-0.2, -0.15) is 0 Å². The Kier molecular flexibility index (Phi) is 6.02. The molecule has 0 heterocycles. The molecule has 4 heteroatoms. The van der Waals surface area contributed by atoms with Gasteiger partial charge in [0.2, 0.25) is 0 Å². The minimum absolute atomic E-state index is 0.102. The number of hydrogen-bond donors (Lipinski definition) is 2. The molecule has 0 saturated heterocycles. The van der Waals surface area contributed by atoms with Crippen LogP contribution >= 0.6 is 0 Å². The van der Waals surface area contributed by atoms with Gasteiger partial charge in [0.05, 0.1) is 0 Å². The number of rotatable bonds is 7. The molecule has 0 aliphatic heterocycles. The molecule has 1 aromatic rings. The zero-order chi connectivity index (χ0) is 15.3. The average Bonchev–Trinajstić information content (AvgIpc) is 2.33. The Morgan fingerprint density at radius 2 is 1.95 bits per heavy atom. The molecule has 0 amide bonds. The topological polar surface area (TPSA) is 58.6 Å². The minimum atomic E-state index is -0.894. The van der Waals surface area contributed by atoms with Crippen molar-refractivity contribution in [3.63, 3.8) is 0 Å². The van der Waals surface area contributed by atoms with E-state index in [1.807, 2.05) is 39.0 Å². The zero-order valence-electron chi connectivity index (χ0n) is 12.9. The van der Waals surface area contributed by atoms with Crippen LogP contribution in [0.1, 0.15) is 44.7 Å². The lowest BCUT2D eigenvalue weighted by Crippen LogP contribution is -2.44. The molecule has 112 valence electrons. The van der Waals surface area contributed by atoms with Crippen LogP contribution in [0, 0.1) is 6.92 Å². The molecule has 0 aliphatic rings. The van der Waals surface area contributed by atoms with Gasteiger partial charge >= 0.3 is 5.97 Å². The van der Waals surface area contributed by atoms with E-state index < -0.39 is 12.0 Å². The summed E-state index contributed by atoms with van der Waals surface area (Å²) in [4.78, 5) is 11.1. The van der Waals surface area contributed by atoms with Crippen LogP contribution in [0.2, 0.25) is 0 Å². The Morgan fingerprint density at radius 1 is 1.30 bits per heavy atom. The summed E-state index contributed by atoms with van der Waals surface area (Å²) in [5.41, 5.74) is 2.45. The summed E-state index contributed by atoms with van der Waals surface area (Å²) >= 11 is 0. The van der Waals surface area contributed by atoms with E-state index in [-0.39, 0.29) is 12.6 Å². The summed E-state index contributed by atoms with van der Waals surface area (Å²) in [5, 5.41) is 12.1. The van der Waals surface area contributed by atoms with Crippen LogP contribution in [-0.4, -0.2) is 29.8 Å². The van der Waals surface area contributed by atoms with Crippen molar-refractivity contribution >= 4 is 5.97 Å². The van der Waals surface area contributed by atoms with Crippen LogP contribution in [0.4, 0.5) is 0 Å². The van der Waals surface area contributed by atoms with Crippen molar-refractivity contribution < 1.29 is 14.6 Å². The molecule has 1 aromatic carbocycles. The van der Waals surface area contributed by atoms with Gasteiger partial charge in [-0.05, 0) is 36.1 Å². The monoisotopic (exact) mass is 279 g/mol. The molecule has 0 aliphatic carbocycles. The number of carboxylic acid groups (broad SMARTS) is 1. The molecule has 0 saturated carbocycles. The van der Waals surface area contributed by atoms with E-state index in [4.69, 9.17) is 9.84 Å². The second-order valence-corrected chi connectivity index (χ2v) is 5.70. The Hall–Kier alpha value is -1.55. The maximum Gasteiger partial charge on any atom is 0.324 e. The summed E-state index contributed by atoms with van der Waals surface area (Å²) in [6, 6.07) is 5.31. The first kappa shape index (κ1) is 16.5. The molecular weight excluding hydrogens is 254 g/mol. The van der Waals surface area contributed by atoms with Crippen molar-refractivity contribution in [3.05, 3.63) is 29.3 Å². The first-order valence-corrected chi connectivity index (χ1v) is 7.03. The van der Waals surface area contributed by atoms with Gasteiger partial charge in [0.25, 0.3) is 0 Å². The SMILES string of the molecule is Cc1cc(OCC(NC(C)C)C(=O)O)ccc1C(C)C. The van der Waals surface area contributed by atoms with Crippen LogP contribution in [0.25, 0.3) is 0 Å². The van der Waals surface area contributed by atoms with Crippen molar-refractivity contribution in [2.45, 2.75) is 52.6 Å². The van der Waals surface area contributed by atoms with Crippen molar-refractivity contribution in [1.82, 2.24) is 5.32 Å². The van der Waals surface area contributed by atoms with E-state index in [2.05, 4.69) is 19.2 Å². The highest BCUT2D eigenvalue weighted by molar-refractivity contribution is 5.73. The number of benzene rings is 1. The summed E-state index contributed by atoms with van der Waals surface area (Å²) in [5.74, 6) is 0.288. The van der Waals surface area contributed by atoms with Crippen LogP contribution < -0.4 is 10.1 Å². The van der Waals surface area contributed by atoms with E-state index in [0.717, 1.165) is 0 Å². The zero-order valence-corrected chi connectivity index (χ0v) is 12.9. The van der Waals surface area contributed by atoms with Gasteiger partial charge < -0.3 is 9.84 Å². The number of aliphatic carboxylic acids is 1. The number of ether oxygens (including phenoxy) is 1. The molecule has 0 radical (unpaired) electrons. The lowest BCUT2D eigenvalue weighted by atomic mass is 9.98. The highest BCUT2D eigenvalue weighted by Gasteiger charge is 2.19. The largest absolute Gasteiger partial charge is 0.491 e. The molecule has 1 unspecified atom stereocenters. The summed E-state index contributed by atoms with van der Waals surface area (Å²) in [6.45, 7) is 10.3. The van der Waals surface area contributed by atoms with Crippen LogP contribution in [-0.2, 0) is 4.79 Å². The molecule has 1 atom stereocenters. The number of nitrogens with one attached hydrogen (secondary N) is 1. The van der Waals surface area contributed by atoms with Crippen molar-refractivity contribution in [2.75, 3.05) is 6.61 Å². The van der Waals surface area contributed by atoms with Crippen LogP contribution in [0.3, 0.4) is 0 Å². The molecule has 0 fully saturated rings. The molecule has 20 heavy (non-hydrogen) atoms. The van der Waals surface area contributed by atoms with E-state index in [0.29, 0.717) is 11.7 Å². The third kappa shape index (κ3) is 4.85. The standard InChI is InChI=1S/C16H25NO3/c1-10(2)14-7-6-13(8-12(14)5)20-9-15(16(18)19)17-11(3)4/h6-8,10-11,15,17H,9H2,1-5H3,(H,18,19). The Labute approximate surface area is 121 Å². The van der Waals surface area contributed by atoms with Crippen molar-refractivity contribution in [3.8, 4) is 5.75 Å². The van der Waals surface area contributed by atoms with Crippen LogP contribution in [0.15, 0.2) is 18.2 Å². The predicted molar refractivity (Wildman–Crippen MR) is 80.5 cm³/mol. The summed E-state index contributed by atoms with van der Waals surface area (Å²) in [6.07, 6.45) is 0. The van der Waals surface area contributed by atoms with E-state index in [1.165, 1.54) is 11.1 Å². The molecular formula is C16H25NO3. The molecule has 0 aromatic heterocycles. The van der Waals surface area contributed by atoms with Gasteiger partial charge in [0, 0.05) is 6.04 Å². The fourth-order valence-corrected chi connectivity index (χ4v) is 2.16. The van der Waals surface area contributed by atoms with Gasteiger partial charge in [0.1, 0.15) is 18.4 Å². The third-order valence-corrected chi connectivity index (χ3v) is 3.11. The predicted octanol–water partition coefficient (Wildman–Crippen LogP) is 2.95. The smallest absolute Gasteiger partial charge is 0.324 e. The number of aryl methyl sites for hydroxylation is 1. The van der Waals surface area contributed by atoms with E-state index in [1.54, 1.807) is 0 Å². The summed E-state index contributed by atoms with van der Waals surface area (Å²) < 4.78 is 5.60. The molecule has 2 N–H and O–H groups in total. The van der Waals surface area contributed by atoms with Crippen LogP contribution in [0.5, 0.6) is 5.75 Å². The lowest BCUT2D eigenvalue weighted by Gasteiger charge is -2.18. The van der Waals surface area contributed by atoms with Gasteiger partial charge in [-0.3, -0.25) is 10.1 Å². The second kappa shape index (κ2) is 7.29. The highest BCUT2D eigenvalue weighted by atomic mass is 16.5. The quantitative estimate of drug-likeness (QED) is 0.805. The Balaban J connectivity index is 2.69. The highest BCUT2D eigenvalue weighted by Crippen LogP contribution is 2.23. The van der Waals surface area contributed by atoms with Gasteiger partial charge in [-0.1, -0.05) is 33.8 Å². The Bertz CT molecular complexity index is 455. The Morgan fingerprint density at radius 3 is 2.40 bits per heavy atom. The molecule has 0 spiro atoms. The van der Waals surface area contributed by atoms with Gasteiger partial charge in [0.15, 0.2) is 0 Å².